The number of pyridine rings is 1. The number of rotatable bonds is 3. The highest BCUT2D eigenvalue weighted by atomic mass is 32.2. The lowest BCUT2D eigenvalue weighted by Crippen LogP contribution is -2.14. The van der Waals surface area contributed by atoms with Gasteiger partial charge in [0.25, 0.3) is 5.91 Å². The second-order valence-corrected chi connectivity index (χ2v) is 6.11. The third kappa shape index (κ3) is 1.81. The van der Waals surface area contributed by atoms with Crippen LogP contribution >= 0.6 is 23.1 Å². The van der Waals surface area contributed by atoms with Gasteiger partial charge in [-0.2, -0.15) is 0 Å². The van der Waals surface area contributed by atoms with Crippen molar-refractivity contribution < 1.29 is 4.79 Å². The number of amides is 1. The van der Waals surface area contributed by atoms with Gasteiger partial charge in [0.15, 0.2) is 9.99 Å². The first kappa shape index (κ1) is 11.0. The van der Waals surface area contributed by atoms with E-state index in [2.05, 4.69) is 9.97 Å². The predicted octanol–water partition coefficient (Wildman–Crippen LogP) is 2.39. The van der Waals surface area contributed by atoms with Crippen molar-refractivity contribution in [1.29, 1.82) is 0 Å². The number of hydrogen-bond donors (Lipinski definition) is 1. The topological polar surface area (TPSA) is 68.9 Å². The average molecular weight is 265 g/mol. The van der Waals surface area contributed by atoms with Crippen LogP contribution in [-0.4, -0.2) is 22.1 Å². The molecule has 1 saturated carbocycles. The van der Waals surface area contributed by atoms with Gasteiger partial charge in [0.2, 0.25) is 0 Å². The minimum absolute atomic E-state index is 0.389. The van der Waals surface area contributed by atoms with Gasteiger partial charge in [-0.3, -0.25) is 4.79 Å². The summed E-state index contributed by atoms with van der Waals surface area (Å²) < 4.78 is 2.02. The molecule has 1 fully saturated rings. The van der Waals surface area contributed by atoms with Crippen molar-refractivity contribution in [3.63, 3.8) is 0 Å². The molecule has 2 aromatic rings. The van der Waals surface area contributed by atoms with Crippen molar-refractivity contribution in [3.8, 4) is 0 Å². The molecule has 2 aromatic heterocycles. The molecule has 0 spiro atoms. The third-order valence-corrected chi connectivity index (χ3v) is 4.93. The minimum Gasteiger partial charge on any atom is -0.366 e. The van der Waals surface area contributed by atoms with Gasteiger partial charge in [-0.1, -0.05) is 11.8 Å². The monoisotopic (exact) mass is 265 g/mol. The molecule has 1 aliphatic carbocycles. The van der Waals surface area contributed by atoms with Crippen molar-refractivity contribution in [1.82, 2.24) is 9.97 Å². The summed E-state index contributed by atoms with van der Waals surface area (Å²) in [5.74, 6) is 0.0820. The Morgan fingerprint density at radius 1 is 1.59 bits per heavy atom. The molecule has 0 bridgehead atoms. The fourth-order valence-electron chi connectivity index (χ4n) is 1.93. The number of hydrogen-bond acceptors (Lipinski definition) is 5. The number of primary amides is 1. The zero-order chi connectivity index (χ0) is 12.0. The summed E-state index contributed by atoms with van der Waals surface area (Å²) in [6, 6.07) is 0. The van der Waals surface area contributed by atoms with Gasteiger partial charge < -0.3 is 5.73 Å². The number of nitrogens with zero attached hydrogens (tertiary/aromatic N) is 2. The number of thioether (sulfide) groups is 1. The van der Waals surface area contributed by atoms with E-state index in [1.807, 2.05) is 6.26 Å². The first-order valence-corrected chi connectivity index (χ1v) is 7.38. The van der Waals surface area contributed by atoms with Gasteiger partial charge >= 0.3 is 0 Å². The van der Waals surface area contributed by atoms with E-state index in [1.54, 1.807) is 29.3 Å². The summed E-state index contributed by atoms with van der Waals surface area (Å²) in [4.78, 5) is 20.1. The lowest BCUT2D eigenvalue weighted by molar-refractivity contribution is 0.0999. The maximum absolute atomic E-state index is 11.4. The van der Waals surface area contributed by atoms with Gasteiger partial charge in [-0.05, 0) is 30.6 Å². The van der Waals surface area contributed by atoms with Gasteiger partial charge in [0, 0.05) is 6.20 Å². The van der Waals surface area contributed by atoms with Crippen molar-refractivity contribution in [2.45, 2.75) is 23.1 Å². The van der Waals surface area contributed by atoms with Crippen LogP contribution in [0.3, 0.4) is 0 Å². The lowest BCUT2D eigenvalue weighted by atomic mass is 10.1. The van der Waals surface area contributed by atoms with Crippen LogP contribution in [0.1, 0.15) is 34.7 Å². The van der Waals surface area contributed by atoms with Gasteiger partial charge in [0.1, 0.15) is 0 Å². The van der Waals surface area contributed by atoms with Crippen LogP contribution in [0.25, 0.3) is 10.3 Å². The summed E-state index contributed by atoms with van der Waals surface area (Å²) in [7, 11) is 0. The fraction of sp³-hybridized carbons (Fsp3) is 0.364. The Kier molecular flexibility index (Phi) is 2.56. The first-order valence-electron chi connectivity index (χ1n) is 5.34. The highest BCUT2D eigenvalue weighted by Crippen LogP contribution is 2.46. The van der Waals surface area contributed by atoms with Crippen LogP contribution in [0.5, 0.6) is 0 Å². The zero-order valence-electron chi connectivity index (χ0n) is 9.27. The Labute approximate surface area is 107 Å². The van der Waals surface area contributed by atoms with Crippen LogP contribution in [-0.2, 0) is 0 Å². The molecular formula is C11H11N3OS2. The molecular weight excluding hydrogens is 254 g/mol. The van der Waals surface area contributed by atoms with E-state index in [9.17, 15) is 4.79 Å². The molecule has 1 aliphatic rings. The summed E-state index contributed by atoms with van der Waals surface area (Å²) in [6.45, 7) is 0. The van der Waals surface area contributed by atoms with E-state index < -0.39 is 0 Å². The normalized spacial score (nSPS) is 15.4. The molecule has 17 heavy (non-hydrogen) atoms. The Balaban J connectivity index is 2.29. The van der Waals surface area contributed by atoms with Crippen molar-refractivity contribution >= 4 is 39.4 Å². The third-order valence-electron chi connectivity index (χ3n) is 2.87. The molecule has 2 N–H and O–H groups in total. The molecule has 6 heteroatoms. The van der Waals surface area contributed by atoms with E-state index in [1.165, 1.54) is 0 Å². The van der Waals surface area contributed by atoms with Crippen LogP contribution < -0.4 is 5.73 Å². The van der Waals surface area contributed by atoms with Crippen LogP contribution in [0.15, 0.2) is 10.5 Å². The summed E-state index contributed by atoms with van der Waals surface area (Å²) in [5, 5.41) is 0. The Bertz CT molecular complexity index is 604. The Morgan fingerprint density at radius 3 is 2.94 bits per heavy atom. The summed E-state index contributed by atoms with van der Waals surface area (Å²) in [6.07, 6.45) is 5.82. The first-order chi connectivity index (χ1) is 8.20. The molecule has 0 saturated heterocycles. The fourth-order valence-corrected chi connectivity index (χ4v) is 3.58. The number of fused-ring (bicyclic) bond motifs is 1. The van der Waals surface area contributed by atoms with Crippen LogP contribution in [0.2, 0.25) is 0 Å². The highest BCUT2D eigenvalue weighted by Gasteiger charge is 2.31. The molecule has 0 unspecified atom stereocenters. The van der Waals surface area contributed by atoms with Crippen molar-refractivity contribution in [2.24, 2.45) is 5.73 Å². The van der Waals surface area contributed by atoms with Crippen LogP contribution in [0, 0.1) is 0 Å². The molecule has 0 aromatic carbocycles. The Hall–Kier alpha value is -1.14. The maximum atomic E-state index is 11.4. The standard InChI is InChI=1S/C11H11N3OS2/c1-16-11-14-10-8(17-11)7(5-2-3-5)6(4-13-10)9(12)15/h4-5H,2-3H2,1H3,(H2,12,15). The van der Waals surface area contributed by atoms with Crippen LogP contribution in [0.4, 0.5) is 0 Å². The van der Waals surface area contributed by atoms with E-state index in [4.69, 9.17) is 5.73 Å². The largest absolute Gasteiger partial charge is 0.366 e. The number of nitrogens with two attached hydrogens (primary N) is 1. The second-order valence-electron chi connectivity index (χ2n) is 4.06. The summed E-state index contributed by atoms with van der Waals surface area (Å²) >= 11 is 3.21. The SMILES string of the molecule is CSc1nc2ncc(C(N)=O)c(C3CC3)c2s1. The maximum Gasteiger partial charge on any atom is 0.250 e. The predicted molar refractivity (Wildman–Crippen MR) is 69.7 cm³/mol. The molecule has 88 valence electrons. The van der Waals surface area contributed by atoms with E-state index in [0.29, 0.717) is 11.5 Å². The van der Waals surface area contributed by atoms with Gasteiger partial charge in [-0.25, -0.2) is 9.97 Å². The Morgan fingerprint density at radius 2 is 2.35 bits per heavy atom. The molecule has 4 nitrogen and oxygen atoms in total. The molecule has 1 amide bonds. The highest BCUT2D eigenvalue weighted by molar-refractivity contribution is 8.00. The average Bonchev–Trinajstić information content (AvgIpc) is 3.05. The molecule has 2 heterocycles. The molecule has 0 radical (unpaired) electrons. The second kappa shape index (κ2) is 3.96. The minimum atomic E-state index is -0.389. The van der Waals surface area contributed by atoms with Crippen molar-refractivity contribution in [2.75, 3.05) is 6.26 Å². The van der Waals surface area contributed by atoms with Crippen molar-refractivity contribution in [3.05, 3.63) is 17.3 Å². The van der Waals surface area contributed by atoms with E-state index in [-0.39, 0.29) is 5.91 Å². The molecule has 3 rings (SSSR count). The summed E-state index contributed by atoms with van der Waals surface area (Å²) in [5.41, 5.74) is 7.79. The smallest absolute Gasteiger partial charge is 0.250 e. The number of carbonyl (C=O) groups is 1. The number of aromatic nitrogens is 2. The lowest BCUT2D eigenvalue weighted by Gasteiger charge is -2.04. The van der Waals surface area contributed by atoms with Gasteiger partial charge in [-0.15, -0.1) is 11.3 Å². The van der Waals surface area contributed by atoms with E-state index >= 15 is 0 Å². The molecule has 0 aliphatic heterocycles. The zero-order valence-corrected chi connectivity index (χ0v) is 10.9. The number of carbonyl (C=O) groups excluding carboxylic acids is 1. The van der Waals surface area contributed by atoms with Gasteiger partial charge in [0.05, 0.1) is 10.3 Å². The quantitative estimate of drug-likeness (QED) is 0.865. The number of thiazole rings is 1. The molecule has 0 atom stereocenters. The van der Waals surface area contributed by atoms with E-state index in [0.717, 1.165) is 33.1 Å².